The average molecular weight is 1100 g/mol. The number of unbranched alkanes of at least 4 members (excludes halogenated alkanes) is 17. The van der Waals surface area contributed by atoms with Crippen LogP contribution in [0.25, 0.3) is 0 Å². The third-order valence-corrected chi connectivity index (χ3v) is 12.9. The van der Waals surface area contributed by atoms with Gasteiger partial charge >= 0.3 is 17.9 Å². The molecule has 0 aromatic rings. The van der Waals surface area contributed by atoms with Crippen molar-refractivity contribution in [2.45, 2.75) is 264 Å². The van der Waals surface area contributed by atoms with E-state index in [1.807, 2.05) is 0 Å². The number of esters is 3. The van der Waals surface area contributed by atoms with Gasteiger partial charge in [-0.15, -0.1) is 0 Å². The molecule has 0 fully saturated rings. The number of ether oxygens (including phenoxy) is 3. The highest BCUT2D eigenvalue weighted by Crippen LogP contribution is 2.13. The minimum atomic E-state index is -0.824. The fourth-order valence-electron chi connectivity index (χ4n) is 8.18. The Balaban J connectivity index is 4.56. The molecule has 0 N–H and O–H groups in total. The van der Waals surface area contributed by atoms with Crippen LogP contribution in [0.1, 0.15) is 258 Å². The van der Waals surface area contributed by atoms with Gasteiger partial charge in [-0.3, -0.25) is 14.4 Å². The lowest BCUT2D eigenvalue weighted by molar-refractivity contribution is -0.167. The summed E-state index contributed by atoms with van der Waals surface area (Å²) in [6, 6.07) is 0. The molecule has 0 aromatic carbocycles. The van der Waals surface area contributed by atoms with E-state index in [4.69, 9.17) is 14.2 Å². The number of hydrogen-bond acceptors (Lipinski definition) is 6. The Hall–Kier alpha value is -5.23. The summed E-state index contributed by atoms with van der Waals surface area (Å²) in [5.41, 5.74) is 0. The number of carbonyl (C=O) groups excluding carboxylic acids is 3. The molecule has 80 heavy (non-hydrogen) atoms. The van der Waals surface area contributed by atoms with E-state index in [0.29, 0.717) is 19.3 Å². The number of rotatable bonds is 56. The topological polar surface area (TPSA) is 78.9 Å². The van der Waals surface area contributed by atoms with E-state index in [1.165, 1.54) is 57.8 Å². The Morgan fingerprint density at radius 1 is 0.263 bits per heavy atom. The molecule has 0 heterocycles. The number of carbonyl (C=O) groups is 3. The Bertz CT molecular complexity index is 1840. The summed E-state index contributed by atoms with van der Waals surface area (Å²) < 4.78 is 16.9. The molecule has 6 heteroatoms. The highest BCUT2D eigenvalue weighted by Gasteiger charge is 2.19. The van der Waals surface area contributed by atoms with E-state index in [9.17, 15) is 14.4 Å². The van der Waals surface area contributed by atoms with Crippen molar-refractivity contribution < 1.29 is 28.6 Å². The fraction of sp³-hybridized carbons (Fsp3) is 0.581. The Morgan fingerprint density at radius 3 is 0.775 bits per heavy atom. The second-order valence-electron chi connectivity index (χ2n) is 20.5. The average Bonchev–Trinajstić information content (AvgIpc) is 3.46. The van der Waals surface area contributed by atoms with Crippen molar-refractivity contribution in [2.24, 2.45) is 0 Å². The smallest absolute Gasteiger partial charge is 0.306 e. The molecule has 0 radical (unpaired) electrons. The van der Waals surface area contributed by atoms with Gasteiger partial charge in [0.15, 0.2) is 6.10 Å². The summed E-state index contributed by atoms with van der Waals surface area (Å²) >= 11 is 0. The number of allylic oxidation sites excluding steroid dienone is 28. The first-order chi connectivity index (χ1) is 39.5. The molecule has 0 saturated heterocycles. The summed E-state index contributed by atoms with van der Waals surface area (Å²) in [6.45, 7) is 6.33. The molecular weight excluding hydrogens is 985 g/mol. The van der Waals surface area contributed by atoms with Gasteiger partial charge in [-0.25, -0.2) is 0 Å². The summed E-state index contributed by atoms with van der Waals surface area (Å²) in [6.07, 6.45) is 97.8. The molecule has 448 valence electrons. The lowest BCUT2D eigenvalue weighted by Crippen LogP contribution is -2.30. The molecule has 6 nitrogen and oxygen atoms in total. The molecule has 1 atom stereocenters. The van der Waals surface area contributed by atoms with Crippen LogP contribution in [0.4, 0.5) is 0 Å². The Labute approximate surface area is 492 Å². The minimum absolute atomic E-state index is 0.114. The van der Waals surface area contributed by atoms with E-state index in [0.717, 1.165) is 154 Å². The highest BCUT2D eigenvalue weighted by atomic mass is 16.6. The van der Waals surface area contributed by atoms with Crippen LogP contribution in [-0.2, 0) is 28.6 Å². The first-order valence-electron chi connectivity index (χ1n) is 32.1. The largest absolute Gasteiger partial charge is 0.462 e. The molecule has 0 bridgehead atoms. The predicted octanol–water partition coefficient (Wildman–Crippen LogP) is 22.3. The van der Waals surface area contributed by atoms with E-state index in [2.05, 4.69) is 191 Å². The molecule has 0 rings (SSSR count). The van der Waals surface area contributed by atoms with E-state index >= 15 is 0 Å². The highest BCUT2D eigenvalue weighted by molar-refractivity contribution is 5.71. The Morgan fingerprint density at radius 2 is 0.487 bits per heavy atom. The van der Waals surface area contributed by atoms with Gasteiger partial charge < -0.3 is 14.2 Å². The zero-order valence-electron chi connectivity index (χ0n) is 51.3. The van der Waals surface area contributed by atoms with Crippen molar-refractivity contribution in [3.8, 4) is 0 Å². The molecular formula is C74H116O6. The monoisotopic (exact) mass is 1100 g/mol. The summed E-state index contributed by atoms with van der Waals surface area (Å²) in [5.74, 6) is -0.993. The van der Waals surface area contributed by atoms with Gasteiger partial charge in [0.25, 0.3) is 0 Å². The quantitative estimate of drug-likeness (QED) is 0.0261. The summed E-state index contributed by atoms with van der Waals surface area (Å²) in [7, 11) is 0. The minimum Gasteiger partial charge on any atom is -0.462 e. The van der Waals surface area contributed by atoms with Gasteiger partial charge in [-0.2, -0.15) is 0 Å². The van der Waals surface area contributed by atoms with Crippen LogP contribution in [0, 0.1) is 0 Å². The molecule has 0 spiro atoms. The molecule has 0 aliphatic carbocycles. The lowest BCUT2D eigenvalue weighted by atomic mass is 10.1. The second-order valence-corrected chi connectivity index (χ2v) is 20.5. The van der Waals surface area contributed by atoms with Crippen LogP contribution in [0.5, 0.6) is 0 Å². The van der Waals surface area contributed by atoms with Crippen molar-refractivity contribution >= 4 is 17.9 Å². The Kier molecular flexibility index (Phi) is 61.9. The first kappa shape index (κ1) is 74.8. The molecule has 0 amide bonds. The maximum atomic E-state index is 12.9. The zero-order valence-corrected chi connectivity index (χ0v) is 51.3. The maximum absolute atomic E-state index is 12.9. The van der Waals surface area contributed by atoms with Crippen molar-refractivity contribution in [1.29, 1.82) is 0 Å². The van der Waals surface area contributed by atoms with Crippen LogP contribution in [0.3, 0.4) is 0 Å². The van der Waals surface area contributed by atoms with Crippen LogP contribution in [0.2, 0.25) is 0 Å². The van der Waals surface area contributed by atoms with Gasteiger partial charge in [0, 0.05) is 19.3 Å². The van der Waals surface area contributed by atoms with Crippen molar-refractivity contribution in [2.75, 3.05) is 13.2 Å². The number of hydrogen-bond donors (Lipinski definition) is 0. The van der Waals surface area contributed by atoms with E-state index in [-0.39, 0.29) is 37.5 Å². The lowest BCUT2D eigenvalue weighted by Gasteiger charge is -2.18. The SMILES string of the molecule is CC/C=C\C/C=C\C/C=C\C/C=C\C/C=C\C/C=C\C/C=C\CCCCCC(=O)OCC(COC(=O)CCCCCCCCC/C=C\C/C=C\CCCCCC)OC(=O)CCCCC/C=C\C/C=C\C/C=C\C/C=C\C/C=C\CC. The summed E-state index contributed by atoms with van der Waals surface area (Å²) in [4.78, 5) is 38.4. The summed E-state index contributed by atoms with van der Waals surface area (Å²) in [5, 5.41) is 0. The van der Waals surface area contributed by atoms with Crippen LogP contribution < -0.4 is 0 Å². The molecule has 0 aromatic heterocycles. The van der Waals surface area contributed by atoms with Crippen molar-refractivity contribution in [3.05, 3.63) is 170 Å². The predicted molar refractivity (Wildman–Crippen MR) is 348 cm³/mol. The van der Waals surface area contributed by atoms with E-state index in [1.54, 1.807) is 0 Å². The van der Waals surface area contributed by atoms with Gasteiger partial charge in [0.05, 0.1) is 0 Å². The van der Waals surface area contributed by atoms with Gasteiger partial charge in [0.1, 0.15) is 13.2 Å². The van der Waals surface area contributed by atoms with Gasteiger partial charge in [0.2, 0.25) is 0 Å². The maximum Gasteiger partial charge on any atom is 0.306 e. The molecule has 0 aliphatic rings. The van der Waals surface area contributed by atoms with E-state index < -0.39 is 6.10 Å². The van der Waals surface area contributed by atoms with Crippen molar-refractivity contribution in [1.82, 2.24) is 0 Å². The van der Waals surface area contributed by atoms with Gasteiger partial charge in [-0.05, 0) is 154 Å². The third kappa shape index (κ3) is 63.6. The molecule has 0 saturated carbocycles. The molecule has 1 unspecified atom stereocenters. The van der Waals surface area contributed by atoms with Crippen molar-refractivity contribution in [3.63, 3.8) is 0 Å². The normalized spacial score (nSPS) is 13.3. The van der Waals surface area contributed by atoms with Crippen LogP contribution >= 0.6 is 0 Å². The first-order valence-corrected chi connectivity index (χ1v) is 32.1. The van der Waals surface area contributed by atoms with Crippen LogP contribution in [0.15, 0.2) is 170 Å². The zero-order chi connectivity index (χ0) is 57.8. The standard InChI is InChI=1S/C74H116O6/c1-4-7-10-13-16-19-22-25-28-31-34-35-36-37-38-39-41-43-46-49-52-55-58-61-64-67-73(76)79-70-71(69-78-72(75)66-63-60-57-54-51-48-45-42-33-30-27-24-21-18-15-12-9-6-3)80-74(77)68-65-62-59-56-53-50-47-44-40-32-29-26-23-20-17-14-11-8-5-2/h7-8,10-11,16-17,19-21,24-26,28-30,33-35,37-38,40-41,43-44,49-50,52-53,71H,4-6,9,12-15,18,22-23,27,31-32,36,39,42,45-48,51,54-70H2,1-3H3/b10-7-,11-8-,19-16-,20-17-,24-21-,28-25-,29-26-,33-30-,35-34-,38-37-,43-41-,44-40-,52-49-,53-50-. The van der Waals surface area contributed by atoms with Gasteiger partial charge in [-0.1, -0.05) is 255 Å². The van der Waals surface area contributed by atoms with Crippen LogP contribution in [-0.4, -0.2) is 37.2 Å². The second kappa shape index (κ2) is 66.3. The third-order valence-electron chi connectivity index (χ3n) is 12.9. The molecule has 0 aliphatic heterocycles. The fourth-order valence-corrected chi connectivity index (χ4v) is 8.18.